The summed E-state index contributed by atoms with van der Waals surface area (Å²) in [5, 5.41) is 5.51. The van der Waals surface area contributed by atoms with Gasteiger partial charge in [0.2, 0.25) is 0 Å². The lowest BCUT2D eigenvalue weighted by Gasteiger charge is -2.06. The first-order valence-corrected chi connectivity index (χ1v) is 6.10. The van der Waals surface area contributed by atoms with E-state index in [0.29, 0.717) is 23.7 Å². The second kappa shape index (κ2) is 5.39. The Kier molecular flexibility index (Phi) is 3.88. The lowest BCUT2D eigenvalue weighted by atomic mass is 10.2. The van der Waals surface area contributed by atoms with Gasteiger partial charge >= 0.3 is 0 Å². The lowest BCUT2D eigenvalue weighted by molar-refractivity contribution is 0.586. The fourth-order valence-electron chi connectivity index (χ4n) is 1.34. The number of rotatable bonds is 4. The maximum absolute atomic E-state index is 13.4. The normalized spacial score (nSPS) is 10.6. The molecule has 0 unspecified atom stereocenters. The summed E-state index contributed by atoms with van der Waals surface area (Å²) in [4.78, 5) is 4.12. The molecule has 1 heterocycles. The smallest absolute Gasteiger partial charge is 0.129 e. The van der Waals surface area contributed by atoms with E-state index in [1.807, 2.05) is 5.38 Å². The van der Waals surface area contributed by atoms with Crippen LogP contribution in [0, 0.1) is 5.82 Å². The number of benzene rings is 1. The highest BCUT2D eigenvalue weighted by atomic mass is 35.5. The highest BCUT2D eigenvalue weighted by molar-refractivity contribution is 7.07. The summed E-state index contributed by atoms with van der Waals surface area (Å²) < 4.78 is 13.4. The van der Waals surface area contributed by atoms with Crippen molar-refractivity contribution in [1.82, 2.24) is 10.3 Å². The Morgan fingerprint density at radius 1 is 1.38 bits per heavy atom. The Hall–Kier alpha value is -0.970. The van der Waals surface area contributed by atoms with Crippen LogP contribution in [0.2, 0.25) is 5.02 Å². The Morgan fingerprint density at radius 3 is 2.94 bits per heavy atom. The van der Waals surface area contributed by atoms with Crippen LogP contribution in [0.15, 0.2) is 29.1 Å². The first-order valence-electron chi connectivity index (χ1n) is 4.78. The third-order valence-corrected chi connectivity index (χ3v) is 3.14. The van der Waals surface area contributed by atoms with Crippen LogP contribution < -0.4 is 5.32 Å². The van der Waals surface area contributed by atoms with Gasteiger partial charge in [-0.05, 0) is 12.1 Å². The average molecular weight is 257 g/mol. The molecule has 16 heavy (non-hydrogen) atoms. The van der Waals surface area contributed by atoms with E-state index in [1.54, 1.807) is 29.0 Å². The van der Waals surface area contributed by atoms with Crippen LogP contribution in [0.3, 0.4) is 0 Å². The fourth-order valence-corrected chi connectivity index (χ4v) is 2.13. The van der Waals surface area contributed by atoms with Crippen molar-refractivity contribution in [3.8, 4) is 0 Å². The fraction of sp³-hybridized carbons (Fsp3) is 0.182. The molecule has 1 aromatic heterocycles. The molecule has 2 rings (SSSR count). The van der Waals surface area contributed by atoms with Crippen LogP contribution >= 0.6 is 22.9 Å². The molecule has 1 N–H and O–H groups in total. The second-order valence-corrected chi connectivity index (χ2v) is 4.41. The molecule has 0 radical (unpaired) electrons. The van der Waals surface area contributed by atoms with E-state index >= 15 is 0 Å². The topological polar surface area (TPSA) is 24.9 Å². The molecule has 0 aliphatic heterocycles. The van der Waals surface area contributed by atoms with Gasteiger partial charge in [0.25, 0.3) is 0 Å². The van der Waals surface area contributed by atoms with Crippen LogP contribution in [0.1, 0.15) is 11.3 Å². The Labute approximate surface area is 102 Å². The van der Waals surface area contributed by atoms with Crippen molar-refractivity contribution in [2.75, 3.05) is 0 Å². The Bertz CT molecular complexity index is 439. The van der Waals surface area contributed by atoms with E-state index in [0.717, 1.165) is 5.69 Å². The molecular formula is C11H10ClFN2S. The summed E-state index contributed by atoms with van der Waals surface area (Å²) in [7, 11) is 0. The maximum atomic E-state index is 13.4. The number of hydrogen-bond acceptors (Lipinski definition) is 3. The predicted octanol–water partition coefficient (Wildman–Crippen LogP) is 3.23. The molecule has 0 atom stereocenters. The van der Waals surface area contributed by atoms with Crippen LogP contribution in [-0.4, -0.2) is 4.98 Å². The first-order chi connectivity index (χ1) is 7.77. The molecule has 0 amide bonds. The average Bonchev–Trinajstić information content (AvgIpc) is 2.75. The van der Waals surface area contributed by atoms with E-state index in [4.69, 9.17) is 11.6 Å². The molecule has 5 heteroatoms. The molecule has 0 saturated carbocycles. The molecule has 0 saturated heterocycles. The van der Waals surface area contributed by atoms with Crippen molar-refractivity contribution >= 4 is 22.9 Å². The van der Waals surface area contributed by atoms with Gasteiger partial charge in [-0.2, -0.15) is 0 Å². The van der Waals surface area contributed by atoms with Gasteiger partial charge in [0, 0.05) is 29.1 Å². The molecule has 84 valence electrons. The standard InChI is InChI=1S/C11H10ClFN2S/c12-10-2-1-3-11(13)9(10)5-14-4-8-6-16-7-15-8/h1-3,6-7,14H,4-5H2. The minimum atomic E-state index is -0.279. The van der Waals surface area contributed by atoms with Gasteiger partial charge in [-0.15, -0.1) is 11.3 Å². The second-order valence-electron chi connectivity index (χ2n) is 3.28. The Morgan fingerprint density at radius 2 is 2.25 bits per heavy atom. The van der Waals surface area contributed by atoms with Crippen LogP contribution in [-0.2, 0) is 13.1 Å². The van der Waals surface area contributed by atoms with E-state index in [-0.39, 0.29) is 5.82 Å². The SMILES string of the molecule is Fc1cccc(Cl)c1CNCc1cscn1. The summed E-state index contributed by atoms with van der Waals surface area (Å²) in [6.07, 6.45) is 0. The molecule has 0 fully saturated rings. The van der Waals surface area contributed by atoms with Gasteiger partial charge in [0.1, 0.15) is 5.82 Å². The van der Waals surface area contributed by atoms with E-state index in [2.05, 4.69) is 10.3 Å². The summed E-state index contributed by atoms with van der Waals surface area (Å²) >= 11 is 7.44. The first kappa shape index (κ1) is 11.5. The van der Waals surface area contributed by atoms with Crippen LogP contribution in [0.25, 0.3) is 0 Å². The van der Waals surface area contributed by atoms with Crippen molar-refractivity contribution in [1.29, 1.82) is 0 Å². The number of halogens is 2. The largest absolute Gasteiger partial charge is 0.307 e. The van der Waals surface area contributed by atoms with Crippen LogP contribution in [0.5, 0.6) is 0 Å². The number of thiazole rings is 1. The molecule has 0 bridgehead atoms. The van der Waals surface area contributed by atoms with Gasteiger partial charge in [-0.1, -0.05) is 17.7 Å². The Balaban J connectivity index is 1.95. The summed E-state index contributed by atoms with van der Waals surface area (Å²) in [6.45, 7) is 1.02. The zero-order valence-corrected chi connectivity index (χ0v) is 9.98. The number of nitrogens with one attached hydrogen (secondary N) is 1. The minimum absolute atomic E-state index is 0.279. The molecule has 2 aromatic rings. The van der Waals surface area contributed by atoms with E-state index < -0.39 is 0 Å². The van der Waals surface area contributed by atoms with E-state index in [1.165, 1.54) is 6.07 Å². The third-order valence-electron chi connectivity index (χ3n) is 2.15. The highest BCUT2D eigenvalue weighted by Gasteiger charge is 2.06. The number of aromatic nitrogens is 1. The van der Waals surface area contributed by atoms with E-state index in [9.17, 15) is 4.39 Å². The predicted molar refractivity (Wildman–Crippen MR) is 64.1 cm³/mol. The number of hydrogen-bond donors (Lipinski definition) is 1. The van der Waals surface area contributed by atoms with Gasteiger partial charge < -0.3 is 5.32 Å². The van der Waals surface area contributed by atoms with Crippen molar-refractivity contribution < 1.29 is 4.39 Å². The molecular weight excluding hydrogens is 247 g/mol. The molecule has 0 aliphatic rings. The maximum Gasteiger partial charge on any atom is 0.129 e. The summed E-state index contributed by atoms with van der Waals surface area (Å²) in [5.41, 5.74) is 3.23. The summed E-state index contributed by atoms with van der Waals surface area (Å²) in [6, 6.07) is 4.69. The monoisotopic (exact) mass is 256 g/mol. The zero-order chi connectivity index (χ0) is 11.4. The molecule has 2 nitrogen and oxygen atoms in total. The van der Waals surface area contributed by atoms with Crippen molar-refractivity contribution in [3.63, 3.8) is 0 Å². The molecule has 0 aliphatic carbocycles. The zero-order valence-electron chi connectivity index (χ0n) is 8.41. The van der Waals surface area contributed by atoms with Gasteiger partial charge in [0.15, 0.2) is 0 Å². The number of nitrogens with zero attached hydrogens (tertiary/aromatic N) is 1. The highest BCUT2D eigenvalue weighted by Crippen LogP contribution is 2.18. The van der Waals surface area contributed by atoms with Gasteiger partial charge in [-0.3, -0.25) is 0 Å². The molecule has 1 aromatic carbocycles. The van der Waals surface area contributed by atoms with Crippen molar-refractivity contribution in [3.05, 3.63) is 51.2 Å². The quantitative estimate of drug-likeness (QED) is 0.909. The van der Waals surface area contributed by atoms with Crippen molar-refractivity contribution in [2.24, 2.45) is 0 Å². The van der Waals surface area contributed by atoms with Crippen LogP contribution in [0.4, 0.5) is 4.39 Å². The van der Waals surface area contributed by atoms with Gasteiger partial charge in [0.05, 0.1) is 11.2 Å². The van der Waals surface area contributed by atoms with Gasteiger partial charge in [-0.25, -0.2) is 9.37 Å². The minimum Gasteiger partial charge on any atom is -0.307 e. The van der Waals surface area contributed by atoms with Crippen molar-refractivity contribution in [2.45, 2.75) is 13.1 Å². The lowest BCUT2D eigenvalue weighted by Crippen LogP contribution is -2.14. The summed E-state index contributed by atoms with van der Waals surface area (Å²) in [5.74, 6) is -0.279. The third kappa shape index (κ3) is 2.78. The molecule has 0 spiro atoms.